The molecule has 0 spiro atoms. The van der Waals surface area contributed by atoms with Gasteiger partial charge in [-0.3, -0.25) is 19.7 Å². The van der Waals surface area contributed by atoms with Gasteiger partial charge in [0.25, 0.3) is 11.6 Å². The number of nitro benzene ring substituents is 1. The molecule has 4 rings (SSSR count). The Labute approximate surface area is 202 Å². The number of nitro groups is 1. The van der Waals surface area contributed by atoms with Crippen molar-refractivity contribution < 1.29 is 14.5 Å². The minimum Gasteiger partial charge on any atom is -0.330 e. The van der Waals surface area contributed by atoms with E-state index in [9.17, 15) is 19.7 Å². The van der Waals surface area contributed by atoms with E-state index in [4.69, 9.17) is 0 Å². The summed E-state index contributed by atoms with van der Waals surface area (Å²) in [5.41, 5.74) is 2.45. The van der Waals surface area contributed by atoms with E-state index in [-0.39, 0.29) is 36.0 Å². The Morgan fingerprint density at radius 2 is 1.82 bits per heavy atom. The van der Waals surface area contributed by atoms with Crippen LogP contribution in [-0.4, -0.2) is 46.2 Å². The first-order chi connectivity index (χ1) is 16.3. The van der Waals surface area contributed by atoms with Crippen LogP contribution in [0, 0.1) is 16.0 Å². The van der Waals surface area contributed by atoms with Crippen LogP contribution in [0.25, 0.3) is 0 Å². The summed E-state index contributed by atoms with van der Waals surface area (Å²) in [7, 11) is 0. The molecule has 8 heteroatoms. The van der Waals surface area contributed by atoms with Gasteiger partial charge < -0.3 is 9.80 Å². The van der Waals surface area contributed by atoms with E-state index >= 15 is 0 Å². The molecular formula is C26H27N3O4S. The van der Waals surface area contributed by atoms with E-state index in [2.05, 4.69) is 11.4 Å². The van der Waals surface area contributed by atoms with Crippen LogP contribution in [0.15, 0.2) is 66.0 Å². The fourth-order valence-electron chi connectivity index (χ4n) is 4.40. The van der Waals surface area contributed by atoms with E-state index in [1.807, 2.05) is 49.1 Å². The molecule has 0 fully saturated rings. The third-order valence-electron chi connectivity index (χ3n) is 5.93. The predicted molar refractivity (Wildman–Crippen MR) is 132 cm³/mol. The van der Waals surface area contributed by atoms with Crippen molar-refractivity contribution in [1.82, 2.24) is 9.80 Å². The molecule has 1 aliphatic heterocycles. The molecular weight excluding hydrogens is 450 g/mol. The zero-order valence-corrected chi connectivity index (χ0v) is 20.0. The number of thiophene rings is 1. The predicted octanol–water partition coefficient (Wildman–Crippen LogP) is 4.93. The standard InChI is InChI=1S/C26H27N3O4S/c1-18(2)16-27(26(31)20-8-10-21(11-9-20)29(32)33)17-24(30)28-14-12-23-22(13-15-34-23)25(28)19-6-4-3-5-7-19/h3-11,13,15,18,25H,12,14,16-17H2,1-2H3. The Morgan fingerprint density at radius 1 is 1.12 bits per heavy atom. The highest BCUT2D eigenvalue weighted by atomic mass is 32.1. The summed E-state index contributed by atoms with van der Waals surface area (Å²) in [6.45, 7) is 4.94. The average Bonchev–Trinajstić information content (AvgIpc) is 3.31. The number of hydrogen-bond acceptors (Lipinski definition) is 5. The van der Waals surface area contributed by atoms with Crippen molar-refractivity contribution >= 4 is 28.8 Å². The molecule has 1 unspecified atom stereocenters. The molecule has 0 saturated heterocycles. The number of hydrogen-bond donors (Lipinski definition) is 0. The number of rotatable bonds is 7. The lowest BCUT2D eigenvalue weighted by atomic mass is 9.93. The summed E-state index contributed by atoms with van der Waals surface area (Å²) in [5, 5.41) is 13.0. The van der Waals surface area contributed by atoms with E-state index < -0.39 is 4.92 Å². The van der Waals surface area contributed by atoms with Crippen LogP contribution in [0.2, 0.25) is 0 Å². The van der Waals surface area contributed by atoms with Crippen LogP contribution in [0.4, 0.5) is 5.69 Å². The Bertz CT molecular complexity index is 1170. The molecule has 1 atom stereocenters. The summed E-state index contributed by atoms with van der Waals surface area (Å²) in [6.07, 6.45) is 0.794. The molecule has 176 valence electrons. The molecule has 2 amide bonds. The minimum absolute atomic E-state index is 0.0448. The quantitative estimate of drug-likeness (QED) is 0.357. The van der Waals surface area contributed by atoms with Gasteiger partial charge in [0.15, 0.2) is 0 Å². The first kappa shape index (κ1) is 23.6. The third-order valence-corrected chi connectivity index (χ3v) is 6.92. The van der Waals surface area contributed by atoms with Gasteiger partial charge in [0.1, 0.15) is 6.54 Å². The number of amides is 2. The second-order valence-corrected chi connectivity index (χ2v) is 9.83. The molecule has 2 aromatic carbocycles. The zero-order chi connectivity index (χ0) is 24.2. The molecule has 34 heavy (non-hydrogen) atoms. The summed E-state index contributed by atoms with van der Waals surface area (Å²) < 4.78 is 0. The molecule has 0 bridgehead atoms. The fourth-order valence-corrected chi connectivity index (χ4v) is 5.31. The largest absolute Gasteiger partial charge is 0.330 e. The number of carbonyl (C=O) groups excluding carboxylic acids is 2. The van der Waals surface area contributed by atoms with Gasteiger partial charge in [-0.05, 0) is 47.0 Å². The lowest BCUT2D eigenvalue weighted by molar-refractivity contribution is -0.384. The Hall–Kier alpha value is -3.52. The van der Waals surface area contributed by atoms with Gasteiger partial charge in [-0.2, -0.15) is 0 Å². The van der Waals surface area contributed by atoms with Crippen LogP contribution in [0.1, 0.15) is 46.3 Å². The summed E-state index contributed by atoms with van der Waals surface area (Å²) in [4.78, 5) is 42.1. The molecule has 7 nitrogen and oxygen atoms in total. The van der Waals surface area contributed by atoms with Gasteiger partial charge in [-0.15, -0.1) is 11.3 Å². The first-order valence-electron chi connectivity index (χ1n) is 11.3. The highest BCUT2D eigenvalue weighted by molar-refractivity contribution is 7.10. The molecule has 2 heterocycles. The number of carbonyl (C=O) groups is 2. The summed E-state index contributed by atoms with van der Waals surface area (Å²) in [6, 6.07) is 17.4. The van der Waals surface area contributed by atoms with Gasteiger partial charge in [0.05, 0.1) is 11.0 Å². The van der Waals surface area contributed by atoms with Crippen LogP contribution < -0.4 is 0 Å². The van der Waals surface area contributed by atoms with Crippen molar-refractivity contribution in [3.8, 4) is 0 Å². The molecule has 1 aliphatic rings. The smallest absolute Gasteiger partial charge is 0.269 e. The second-order valence-electron chi connectivity index (χ2n) is 8.83. The highest BCUT2D eigenvalue weighted by Crippen LogP contribution is 2.37. The topological polar surface area (TPSA) is 83.8 Å². The average molecular weight is 478 g/mol. The van der Waals surface area contributed by atoms with E-state index in [0.717, 1.165) is 17.5 Å². The Balaban J connectivity index is 1.59. The van der Waals surface area contributed by atoms with Crippen molar-refractivity contribution in [3.63, 3.8) is 0 Å². The van der Waals surface area contributed by atoms with Gasteiger partial charge in [0, 0.05) is 35.7 Å². The van der Waals surface area contributed by atoms with E-state index in [0.29, 0.717) is 18.7 Å². The molecule has 0 radical (unpaired) electrons. The van der Waals surface area contributed by atoms with Crippen LogP contribution in [0.3, 0.4) is 0 Å². The summed E-state index contributed by atoms with van der Waals surface area (Å²) >= 11 is 1.71. The fraction of sp³-hybridized carbons (Fsp3) is 0.308. The first-order valence-corrected chi connectivity index (χ1v) is 12.2. The molecule has 1 aromatic heterocycles. The van der Waals surface area contributed by atoms with Crippen LogP contribution >= 0.6 is 11.3 Å². The normalized spacial score (nSPS) is 15.1. The second kappa shape index (κ2) is 10.2. The number of nitrogens with zero attached hydrogens (tertiary/aromatic N) is 3. The Morgan fingerprint density at radius 3 is 2.47 bits per heavy atom. The van der Waals surface area contributed by atoms with Crippen molar-refractivity contribution in [2.24, 2.45) is 5.92 Å². The SMILES string of the molecule is CC(C)CN(CC(=O)N1CCc2sccc2C1c1ccccc1)C(=O)c1ccc([N+](=O)[O-])cc1. The third kappa shape index (κ3) is 5.02. The molecule has 0 saturated carbocycles. The zero-order valence-electron chi connectivity index (χ0n) is 19.2. The minimum atomic E-state index is -0.498. The lowest BCUT2D eigenvalue weighted by Crippen LogP contribution is -2.47. The van der Waals surface area contributed by atoms with E-state index in [1.54, 1.807) is 16.2 Å². The molecule has 0 N–H and O–H groups in total. The van der Waals surface area contributed by atoms with Crippen molar-refractivity contribution in [3.05, 3.63) is 97.7 Å². The maximum absolute atomic E-state index is 13.6. The number of non-ortho nitro benzene ring substituents is 1. The Kier molecular flexibility index (Phi) is 7.07. The maximum Gasteiger partial charge on any atom is 0.269 e. The van der Waals surface area contributed by atoms with Gasteiger partial charge in [0.2, 0.25) is 5.91 Å². The lowest BCUT2D eigenvalue weighted by Gasteiger charge is -2.38. The van der Waals surface area contributed by atoms with Crippen LogP contribution in [0.5, 0.6) is 0 Å². The van der Waals surface area contributed by atoms with Gasteiger partial charge in [-0.25, -0.2) is 0 Å². The monoisotopic (exact) mass is 477 g/mol. The van der Waals surface area contributed by atoms with Gasteiger partial charge in [-0.1, -0.05) is 44.2 Å². The van der Waals surface area contributed by atoms with Crippen molar-refractivity contribution in [1.29, 1.82) is 0 Å². The van der Waals surface area contributed by atoms with Gasteiger partial charge >= 0.3 is 0 Å². The maximum atomic E-state index is 13.6. The van der Waals surface area contributed by atoms with E-state index in [1.165, 1.54) is 29.1 Å². The highest BCUT2D eigenvalue weighted by Gasteiger charge is 2.34. The summed E-state index contributed by atoms with van der Waals surface area (Å²) in [5.74, 6) is -0.257. The molecule has 0 aliphatic carbocycles. The van der Waals surface area contributed by atoms with Crippen molar-refractivity contribution in [2.75, 3.05) is 19.6 Å². The number of benzene rings is 2. The number of fused-ring (bicyclic) bond motifs is 1. The van der Waals surface area contributed by atoms with Crippen molar-refractivity contribution in [2.45, 2.75) is 26.3 Å². The molecule has 3 aromatic rings. The van der Waals surface area contributed by atoms with Crippen LogP contribution in [-0.2, 0) is 11.2 Å².